The second kappa shape index (κ2) is 10.1. The summed E-state index contributed by atoms with van der Waals surface area (Å²) in [7, 11) is -5.61. The van der Waals surface area contributed by atoms with Crippen LogP contribution in [-0.2, 0) is 14.3 Å². The summed E-state index contributed by atoms with van der Waals surface area (Å²) in [6, 6.07) is 0. The quantitative estimate of drug-likeness (QED) is 0.175. The van der Waals surface area contributed by atoms with E-state index in [4.69, 9.17) is 0 Å². The van der Waals surface area contributed by atoms with Crippen molar-refractivity contribution in [3.63, 3.8) is 0 Å². The van der Waals surface area contributed by atoms with Gasteiger partial charge >= 0.3 is 15.6 Å². The molecule has 2 fully saturated rings. The van der Waals surface area contributed by atoms with Crippen LogP contribution in [0.4, 0.5) is 13.2 Å². The summed E-state index contributed by atoms with van der Waals surface area (Å²) < 4.78 is 65.9. The van der Waals surface area contributed by atoms with E-state index in [1.165, 1.54) is 64.2 Å². The highest BCUT2D eigenvalue weighted by atomic mass is 32.2. The van der Waals surface area contributed by atoms with Crippen molar-refractivity contribution in [3.05, 3.63) is 23.5 Å². The van der Waals surface area contributed by atoms with Gasteiger partial charge in [-0.15, -0.1) is 0 Å². The van der Waals surface area contributed by atoms with Gasteiger partial charge in [-0.05, 0) is 91.1 Å². The SMILES string of the molecule is CCCCCCCC[C@H]1CC[C@H]2[C@@H]3CC=C4C=C(OS(=O)(=O)C(F)(F)F)CC[C@]4(C)[C@H]3CC[C@]12C. The summed E-state index contributed by atoms with van der Waals surface area (Å²) in [5, 5.41) is 0. The van der Waals surface area contributed by atoms with Crippen LogP contribution >= 0.6 is 0 Å². The van der Waals surface area contributed by atoms with Crippen LogP contribution in [0.25, 0.3) is 0 Å². The second-order valence-corrected chi connectivity index (χ2v) is 13.7. The van der Waals surface area contributed by atoms with Crippen molar-refractivity contribution in [2.45, 2.75) is 116 Å². The van der Waals surface area contributed by atoms with Crippen LogP contribution in [0.2, 0.25) is 0 Å². The van der Waals surface area contributed by atoms with Crippen LogP contribution in [0, 0.1) is 34.5 Å². The predicted molar refractivity (Wildman–Crippen MR) is 133 cm³/mol. The number of halogens is 3. The van der Waals surface area contributed by atoms with Crippen molar-refractivity contribution in [1.82, 2.24) is 0 Å². The molecule has 4 aliphatic carbocycles. The van der Waals surface area contributed by atoms with Gasteiger partial charge in [0.25, 0.3) is 0 Å². The molecule has 0 aromatic heterocycles. The third-order valence-electron chi connectivity index (χ3n) is 10.3. The second-order valence-electron chi connectivity index (χ2n) is 12.2. The lowest BCUT2D eigenvalue weighted by Gasteiger charge is -2.57. The first-order valence-electron chi connectivity index (χ1n) is 13.8. The number of allylic oxidation sites excluding steroid dienone is 4. The van der Waals surface area contributed by atoms with E-state index in [1.54, 1.807) is 6.08 Å². The fourth-order valence-corrected chi connectivity index (χ4v) is 8.82. The molecule has 0 radical (unpaired) electrons. The number of hydrogen-bond acceptors (Lipinski definition) is 3. The maximum atomic E-state index is 12.8. The third kappa shape index (κ3) is 5.09. The summed E-state index contributed by atoms with van der Waals surface area (Å²) in [5.74, 6) is 2.58. The zero-order valence-corrected chi connectivity index (χ0v) is 22.4. The predicted octanol–water partition coefficient (Wildman–Crippen LogP) is 8.68. The normalized spacial score (nSPS) is 37.1. The molecule has 0 bridgehead atoms. The van der Waals surface area contributed by atoms with E-state index in [9.17, 15) is 21.6 Å². The van der Waals surface area contributed by atoms with Gasteiger partial charge in [0, 0.05) is 6.42 Å². The van der Waals surface area contributed by atoms with Crippen LogP contribution in [0.15, 0.2) is 23.5 Å². The van der Waals surface area contributed by atoms with Gasteiger partial charge in [0.05, 0.1) is 0 Å². The minimum atomic E-state index is -5.61. The molecule has 2 saturated carbocycles. The highest BCUT2D eigenvalue weighted by molar-refractivity contribution is 7.87. The van der Waals surface area contributed by atoms with Crippen molar-refractivity contribution in [1.29, 1.82) is 0 Å². The monoisotopic (exact) mass is 516 g/mol. The minimum Gasteiger partial charge on any atom is -0.381 e. The van der Waals surface area contributed by atoms with E-state index in [2.05, 4.69) is 31.0 Å². The largest absolute Gasteiger partial charge is 0.534 e. The summed E-state index contributed by atoms with van der Waals surface area (Å²) in [5.41, 5.74) is -4.13. The van der Waals surface area contributed by atoms with Gasteiger partial charge in [0.2, 0.25) is 0 Å². The molecule has 0 saturated heterocycles. The average molecular weight is 517 g/mol. The number of unbranched alkanes of at least 4 members (excludes halogenated alkanes) is 5. The molecule has 7 heteroatoms. The Labute approximate surface area is 210 Å². The molecule has 35 heavy (non-hydrogen) atoms. The Bertz CT molecular complexity index is 938. The zero-order chi connectivity index (χ0) is 25.5. The van der Waals surface area contributed by atoms with Gasteiger partial charge in [-0.3, -0.25) is 0 Å². The Balaban J connectivity index is 1.44. The van der Waals surface area contributed by atoms with Crippen molar-refractivity contribution >= 4 is 10.1 Å². The van der Waals surface area contributed by atoms with Gasteiger partial charge in [0.15, 0.2) is 0 Å². The first-order valence-corrected chi connectivity index (χ1v) is 15.2. The van der Waals surface area contributed by atoms with E-state index in [1.807, 2.05) is 0 Å². The Morgan fingerprint density at radius 2 is 1.71 bits per heavy atom. The molecule has 4 aliphatic rings. The molecule has 0 amide bonds. The number of alkyl halides is 3. The smallest absolute Gasteiger partial charge is 0.381 e. The lowest BCUT2D eigenvalue weighted by molar-refractivity contribution is -0.0531. The van der Waals surface area contributed by atoms with Gasteiger partial charge in [0.1, 0.15) is 5.76 Å². The lowest BCUT2D eigenvalue weighted by atomic mass is 9.48. The van der Waals surface area contributed by atoms with E-state index >= 15 is 0 Å². The Hall–Kier alpha value is -0.980. The van der Waals surface area contributed by atoms with Crippen molar-refractivity contribution < 1.29 is 25.8 Å². The molecular formula is C28H43F3O3S. The van der Waals surface area contributed by atoms with Gasteiger partial charge in [-0.25, -0.2) is 0 Å². The molecular weight excluding hydrogens is 473 g/mol. The summed E-state index contributed by atoms with van der Waals surface area (Å²) in [6.07, 6.45) is 20.0. The molecule has 4 rings (SSSR count). The van der Waals surface area contributed by atoms with Gasteiger partial charge < -0.3 is 4.18 Å². The fraction of sp³-hybridized carbons (Fsp3) is 0.857. The van der Waals surface area contributed by atoms with E-state index in [0.717, 1.165) is 24.3 Å². The summed E-state index contributed by atoms with van der Waals surface area (Å²) in [6.45, 7) is 7.04. The molecule has 0 spiro atoms. The van der Waals surface area contributed by atoms with E-state index in [-0.39, 0.29) is 17.6 Å². The first-order chi connectivity index (χ1) is 16.4. The van der Waals surface area contributed by atoms with Crippen LogP contribution in [0.5, 0.6) is 0 Å². The Morgan fingerprint density at radius 1 is 1.00 bits per heavy atom. The first kappa shape index (κ1) is 27.1. The average Bonchev–Trinajstić information content (AvgIpc) is 3.12. The molecule has 6 atom stereocenters. The van der Waals surface area contributed by atoms with Crippen LogP contribution in [-0.4, -0.2) is 13.9 Å². The number of fused-ring (bicyclic) bond motifs is 5. The molecule has 0 aromatic carbocycles. The highest BCUT2D eigenvalue weighted by Gasteiger charge is 2.58. The van der Waals surface area contributed by atoms with Crippen LogP contribution in [0.1, 0.15) is 111 Å². The summed E-state index contributed by atoms with van der Waals surface area (Å²) in [4.78, 5) is 0. The third-order valence-corrected chi connectivity index (χ3v) is 11.3. The van der Waals surface area contributed by atoms with E-state index in [0.29, 0.717) is 29.6 Å². The molecule has 0 aromatic rings. The van der Waals surface area contributed by atoms with Crippen molar-refractivity contribution in [3.8, 4) is 0 Å². The molecule has 200 valence electrons. The van der Waals surface area contributed by atoms with Gasteiger partial charge in [-0.2, -0.15) is 21.6 Å². The Morgan fingerprint density at radius 3 is 2.43 bits per heavy atom. The molecule has 0 heterocycles. The topological polar surface area (TPSA) is 43.4 Å². The van der Waals surface area contributed by atoms with Crippen LogP contribution < -0.4 is 0 Å². The lowest BCUT2D eigenvalue weighted by Crippen LogP contribution is -2.49. The highest BCUT2D eigenvalue weighted by Crippen LogP contribution is 2.66. The van der Waals surface area contributed by atoms with Gasteiger partial charge in [-0.1, -0.05) is 65.4 Å². The maximum absolute atomic E-state index is 12.8. The standard InChI is InChI=1S/C28H43F3O3S/c1-4-5-6-7-8-9-10-20-12-14-24-23-13-11-21-19-22(34-35(32,33)28(29,30)31)15-17-27(21,3)25(23)16-18-26(20,24)2/h11,19-20,23-25H,4-10,12-18H2,1-3H3/t20-,23-,24-,25-,26+,27-/m0/s1. The molecule has 0 aliphatic heterocycles. The van der Waals surface area contributed by atoms with Crippen molar-refractivity contribution in [2.75, 3.05) is 0 Å². The fourth-order valence-electron chi connectivity index (χ4n) is 8.31. The molecule has 0 N–H and O–H groups in total. The molecule has 0 unspecified atom stereocenters. The number of hydrogen-bond donors (Lipinski definition) is 0. The van der Waals surface area contributed by atoms with Crippen molar-refractivity contribution in [2.24, 2.45) is 34.5 Å². The maximum Gasteiger partial charge on any atom is 0.534 e. The van der Waals surface area contributed by atoms with Crippen LogP contribution in [0.3, 0.4) is 0 Å². The minimum absolute atomic E-state index is 0.0787. The summed E-state index contributed by atoms with van der Waals surface area (Å²) >= 11 is 0. The zero-order valence-electron chi connectivity index (χ0n) is 21.6. The number of rotatable bonds is 9. The molecule has 3 nitrogen and oxygen atoms in total. The Kier molecular flexibility index (Phi) is 7.78. The van der Waals surface area contributed by atoms with E-state index < -0.39 is 15.6 Å².